The van der Waals surface area contributed by atoms with Crippen LogP contribution in [0.1, 0.15) is 11.3 Å². The fourth-order valence-electron chi connectivity index (χ4n) is 2.40. The number of benzene rings is 2. The van der Waals surface area contributed by atoms with Crippen LogP contribution in [0, 0.1) is 13.8 Å². The van der Waals surface area contributed by atoms with Crippen LogP contribution in [-0.2, 0) is 10.0 Å². The third-order valence-corrected chi connectivity index (χ3v) is 5.69. The molecule has 0 saturated heterocycles. The molecule has 0 fully saturated rings. The van der Waals surface area contributed by atoms with E-state index in [2.05, 4.69) is 20.5 Å². The van der Waals surface area contributed by atoms with Crippen LogP contribution < -0.4 is 20.1 Å². The number of thiocarbonyl (C=S) groups is 1. The van der Waals surface area contributed by atoms with E-state index in [9.17, 15) is 8.42 Å². The summed E-state index contributed by atoms with van der Waals surface area (Å²) in [6.07, 6.45) is 0. The van der Waals surface area contributed by atoms with Gasteiger partial charge in [-0.15, -0.1) is 0 Å². The molecular weight excluding hydrogens is 412 g/mol. The molecule has 3 aromatic rings. The number of nitrogens with zero attached hydrogens (tertiary/aromatic N) is 1. The highest BCUT2D eigenvalue weighted by atomic mass is 32.2. The summed E-state index contributed by atoms with van der Waals surface area (Å²) in [5, 5.41) is 10.2. The van der Waals surface area contributed by atoms with Crippen molar-refractivity contribution in [2.75, 3.05) is 22.5 Å². The summed E-state index contributed by atoms with van der Waals surface area (Å²) in [6.45, 7) is 3.46. The van der Waals surface area contributed by atoms with E-state index in [0.717, 1.165) is 5.69 Å². The zero-order chi connectivity index (χ0) is 21.0. The van der Waals surface area contributed by atoms with Crippen LogP contribution in [-0.4, -0.2) is 25.8 Å². The Labute approximate surface area is 174 Å². The Morgan fingerprint density at radius 2 is 1.76 bits per heavy atom. The number of rotatable bonds is 6. The first kappa shape index (κ1) is 20.6. The topological polar surface area (TPSA) is 105 Å². The Hall–Kier alpha value is -3.11. The number of aryl methyl sites for hydroxylation is 1. The first-order valence-electron chi connectivity index (χ1n) is 8.56. The SMILES string of the molecule is COc1cccc(NC(=S)Nc2ccc(S(=O)(=O)Nc3onc(C)c3C)cc2)c1. The number of methoxy groups -OCH3 is 1. The van der Waals surface area contributed by atoms with E-state index in [4.69, 9.17) is 21.5 Å². The normalized spacial score (nSPS) is 11.0. The molecule has 0 amide bonds. The van der Waals surface area contributed by atoms with E-state index in [1.165, 1.54) is 12.1 Å². The summed E-state index contributed by atoms with van der Waals surface area (Å²) >= 11 is 5.29. The van der Waals surface area contributed by atoms with Gasteiger partial charge in [-0.3, -0.25) is 0 Å². The lowest BCUT2D eigenvalue weighted by Gasteiger charge is -2.12. The van der Waals surface area contributed by atoms with E-state index < -0.39 is 10.0 Å². The molecule has 3 rings (SSSR count). The van der Waals surface area contributed by atoms with Gasteiger partial charge in [0.15, 0.2) is 5.11 Å². The van der Waals surface area contributed by atoms with Gasteiger partial charge < -0.3 is 19.9 Å². The first-order chi connectivity index (χ1) is 13.8. The van der Waals surface area contributed by atoms with Crippen LogP contribution in [0.4, 0.5) is 17.3 Å². The molecule has 0 spiro atoms. The molecule has 0 aliphatic heterocycles. The lowest BCUT2D eigenvalue weighted by molar-refractivity contribution is 0.415. The van der Waals surface area contributed by atoms with Gasteiger partial charge in [0.2, 0.25) is 5.88 Å². The summed E-state index contributed by atoms with van der Waals surface area (Å²) < 4.78 is 37.6. The van der Waals surface area contributed by atoms with Gasteiger partial charge in [-0.05, 0) is 62.5 Å². The molecule has 8 nitrogen and oxygen atoms in total. The van der Waals surface area contributed by atoms with Crippen LogP contribution in [0.3, 0.4) is 0 Å². The first-order valence-corrected chi connectivity index (χ1v) is 10.5. The highest BCUT2D eigenvalue weighted by Crippen LogP contribution is 2.23. The molecule has 0 bridgehead atoms. The molecule has 0 aliphatic carbocycles. The van der Waals surface area contributed by atoms with Crippen molar-refractivity contribution in [3.8, 4) is 5.75 Å². The van der Waals surface area contributed by atoms with Crippen molar-refractivity contribution in [3.05, 3.63) is 59.8 Å². The van der Waals surface area contributed by atoms with Crippen LogP contribution in [0.15, 0.2) is 57.9 Å². The minimum Gasteiger partial charge on any atom is -0.497 e. The van der Waals surface area contributed by atoms with Gasteiger partial charge in [0.1, 0.15) is 5.75 Å². The fraction of sp³-hybridized carbons (Fsp3) is 0.158. The van der Waals surface area contributed by atoms with Gasteiger partial charge in [0.25, 0.3) is 10.0 Å². The molecule has 3 N–H and O–H groups in total. The monoisotopic (exact) mass is 432 g/mol. The molecular formula is C19H20N4O4S2. The maximum atomic E-state index is 12.5. The minimum absolute atomic E-state index is 0.0863. The van der Waals surface area contributed by atoms with Crippen molar-refractivity contribution >= 4 is 44.6 Å². The Morgan fingerprint density at radius 3 is 2.38 bits per heavy atom. The third-order valence-electron chi connectivity index (χ3n) is 4.13. The Morgan fingerprint density at radius 1 is 1.07 bits per heavy atom. The van der Waals surface area contributed by atoms with E-state index in [1.807, 2.05) is 24.3 Å². The van der Waals surface area contributed by atoms with Crippen LogP contribution >= 0.6 is 12.2 Å². The van der Waals surface area contributed by atoms with Crippen LogP contribution in [0.25, 0.3) is 0 Å². The summed E-state index contributed by atoms with van der Waals surface area (Å²) in [7, 11) is -2.21. The Kier molecular flexibility index (Phi) is 6.04. The quantitative estimate of drug-likeness (QED) is 0.504. The number of aromatic nitrogens is 1. The zero-order valence-electron chi connectivity index (χ0n) is 16.0. The van der Waals surface area contributed by atoms with Crippen molar-refractivity contribution in [3.63, 3.8) is 0 Å². The van der Waals surface area contributed by atoms with Gasteiger partial charge in [-0.2, -0.15) is 0 Å². The van der Waals surface area contributed by atoms with Gasteiger partial charge in [0.05, 0.1) is 17.7 Å². The number of nitrogens with one attached hydrogen (secondary N) is 3. The zero-order valence-corrected chi connectivity index (χ0v) is 17.6. The van der Waals surface area contributed by atoms with Gasteiger partial charge in [-0.25, -0.2) is 13.1 Å². The van der Waals surface area contributed by atoms with E-state index in [1.54, 1.807) is 33.1 Å². The number of anilines is 3. The molecule has 1 aromatic heterocycles. The van der Waals surface area contributed by atoms with Crippen molar-refractivity contribution in [1.29, 1.82) is 0 Å². The summed E-state index contributed by atoms with van der Waals surface area (Å²) in [6, 6.07) is 13.5. The molecule has 29 heavy (non-hydrogen) atoms. The van der Waals surface area contributed by atoms with Crippen molar-refractivity contribution in [1.82, 2.24) is 5.16 Å². The maximum absolute atomic E-state index is 12.5. The number of ether oxygens (including phenoxy) is 1. The van der Waals surface area contributed by atoms with Crippen LogP contribution in [0.5, 0.6) is 5.75 Å². The molecule has 10 heteroatoms. The summed E-state index contributed by atoms with van der Waals surface area (Å²) in [4.78, 5) is 0.0863. The molecule has 0 atom stereocenters. The van der Waals surface area contributed by atoms with Crippen molar-refractivity contribution in [2.24, 2.45) is 0 Å². The molecule has 0 saturated carbocycles. The fourth-order valence-corrected chi connectivity index (χ4v) is 3.69. The second kappa shape index (κ2) is 8.50. The third kappa shape index (κ3) is 5.04. The minimum atomic E-state index is -3.80. The number of sulfonamides is 1. The number of hydrogen-bond acceptors (Lipinski definition) is 6. The van der Waals surface area contributed by atoms with Crippen LogP contribution in [0.2, 0.25) is 0 Å². The molecule has 2 aromatic carbocycles. The van der Waals surface area contributed by atoms with Gasteiger partial charge in [0, 0.05) is 23.0 Å². The predicted octanol–water partition coefficient (Wildman–Crippen LogP) is 3.91. The largest absolute Gasteiger partial charge is 0.497 e. The number of hydrogen-bond donors (Lipinski definition) is 3. The average molecular weight is 433 g/mol. The molecule has 1 heterocycles. The van der Waals surface area contributed by atoms with E-state index >= 15 is 0 Å². The maximum Gasteiger partial charge on any atom is 0.264 e. The standard InChI is InChI=1S/C19H20N4O4S2/c1-12-13(2)22-27-18(12)23-29(24,25)17-9-7-14(8-10-17)20-19(28)21-15-5-4-6-16(11-15)26-3/h4-11,23H,1-3H3,(H2,20,21,28). The highest BCUT2D eigenvalue weighted by molar-refractivity contribution is 7.92. The second-order valence-corrected chi connectivity index (χ2v) is 8.25. The summed E-state index contributed by atoms with van der Waals surface area (Å²) in [5.41, 5.74) is 2.67. The van der Waals surface area contributed by atoms with Crippen molar-refractivity contribution in [2.45, 2.75) is 18.7 Å². The molecule has 152 valence electrons. The average Bonchev–Trinajstić information content (AvgIpc) is 3.00. The predicted molar refractivity (Wildman–Crippen MR) is 116 cm³/mol. The molecule has 0 aliphatic rings. The molecule has 0 radical (unpaired) electrons. The highest BCUT2D eigenvalue weighted by Gasteiger charge is 2.19. The second-order valence-electron chi connectivity index (χ2n) is 6.16. The Balaban J connectivity index is 1.66. The smallest absolute Gasteiger partial charge is 0.264 e. The lowest BCUT2D eigenvalue weighted by atomic mass is 10.3. The van der Waals surface area contributed by atoms with Gasteiger partial charge >= 0.3 is 0 Å². The lowest BCUT2D eigenvalue weighted by Crippen LogP contribution is -2.19. The Bertz CT molecular complexity index is 1130. The van der Waals surface area contributed by atoms with Gasteiger partial charge in [-0.1, -0.05) is 11.2 Å². The van der Waals surface area contributed by atoms with E-state index in [0.29, 0.717) is 27.8 Å². The van der Waals surface area contributed by atoms with E-state index in [-0.39, 0.29) is 10.8 Å². The molecule has 0 unspecified atom stereocenters. The summed E-state index contributed by atoms with van der Waals surface area (Å²) in [5.74, 6) is 0.811. The van der Waals surface area contributed by atoms with Crippen molar-refractivity contribution < 1.29 is 17.7 Å².